The number of hydrogen-bond acceptors (Lipinski definition) is 4. The zero-order valence-electron chi connectivity index (χ0n) is 13.2. The first-order valence-corrected chi connectivity index (χ1v) is 8.16. The van der Waals surface area contributed by atoms with Crippen molar-refractivity contribution in [1.29, 1.82) is 0 Å². The highest BCUT2D eigenvalue weighted by molar-refractivity contribution is 5.98. The summed E-state index contributed by atoms with van der Waals surface area (Å²) in [6.45, 7) is 4.36. The zero-order chi connectivity index (χ0) is 16.0. The van der Waals surface area contributed by atoms with E-state index in [2.05, 4.69) is 0 Å². The van der Waals surface area contributed by atoms with Crippen molar-refractivity contribution in [2.45, 2.75) is 25.8 Å². The molecule has 122 valence electrons. The molecule has 0 N–H and O–H groups in total. The molecule has 2 saturated heterocycles. The third-order valence-corrected chi connectivity index (χ3v) is 5.05. The molecular formula is C17H20N2O4. The van der Waals surface area contributed by atoms with Crippen LogP contribution < -0.4 is 9.47 Å². The van der Waals surface area contributed by atoms with Crippen LogP contribution in [-0.2, 0) is 4.79 Å². The Labute approximate surface area is 134 Å². The molecule has 0 spiro atoms. The van der Waals surface area contributed by atoms with Gasteiger partial charge in [0.2, 0.25) is 12.7 Å². The van der Waals surface area contributed by atoms with Gasteiger partial charge in [-0.05, 0) is 43.9 Å². The van der Waals surface area contributed by atoms with Crippen LogP contribution in [-0.4, -0.2) is 54.1 Å². The van der Waals surface area contributed by atoms with Crippen LogP contribution >= 0.6 is 0 Å². The second-order valence-electron chi connectivity index (χ2n) is 6.35. The van der Waals surface area contributed by atoms with E-state index < -0.39 is 0 Å². The van der Waals surface area contributed by atoms with Gasteiger partial charge in [0.1, 0.15) is 6.04 Å². The number of carbonyl (C=O) groups excluding carboxylic acids is 2. The van der Waals surface area contributed by atoms with Crippen molar-refractivity contribution in [1.82, 2.24) is 9.80 Å². The van der Waals surface area contributed by atoms with Crippen LogP contribution in [0.3, 0.4) is 0 Å². The predicted octanol–water partition coefficient (Wildman–Crippen LogP) is 1.50. The van der Waals surface area contributed by atoms with Gasteiger partial charge in [-0.2, -0.15) is 0 Å². The van der Waals surface area contributed by atoms with Gasteiger partial charge < -0.3 is 19.3 Å². The van der Waals surface area contributed by atoms with Gasteiger partial charge in [-0.1, -0.05) is 0 Å². The van der Waals surface area contributed by atoms with Crippen molar-refractivity contribution < 1.29 is 19.1 Å². The minimum atomic E-state index is -0.319. The number of hydrogen-bond donors (Lipinski definition) is 0. The summed E-state index contributed by atoms with van der Waals surface area (Å²) in [5, 5.41) is 0. The van der Waals surface area contributed by atoms with E-state index in [1.807, 2.05) is 11.8 Å². The molecule has 0 aliphatic carbocycles. The number of ether oxygens (including phenoxy) is 2. The normalized spacial score (nSPS) is 25.7. The molecule has 0 unspecified atom stereocenters. The van der Waals surface area contributed by atoms with Gasteiger partial charge in [-0.25, -0.2) is 0 Å². The van der Waals surface area contributed by atoms with E-state index in [0.29, 0.717) is 36.1 Å². The van der Waals surface area contributed by atoms with Gasteiger partial charge in [-0.3, -0.25) is 9.59 Å². The predicted molar refractivity (Wildman–Crippen MR) is 82.4 cm³/mol. The molecule has 3 aliphatic heterocycles. The highest BCUT2D eigenvalue weighted by Crippen LogP contribution is 2.35. The van der Waals surface area contributed by atoms with Crippen molar-refractivity contribution in [2.75, 3.05) is 26.4 Å². The van der Waals surface area contributed by atoms with E-state index in [0.717, 1.165) is 19.4 Å². The number of carbonyl (C=O) groups is 2. The smallest absolute Gasteiger partial charge is 0.254 e. The summed E-state index contributed by atoms with van der Waals surface area (Å²) in [6, 6.07) is 4.89. The quantitative estimate of drug-likeness (QED) is 0.829. The van der Waals surface area contributed by atoms with E-state index in [9.17, 15) is 9.59 Å². The minimum Gasteiger partial charge on any atom is -0.454 e. The monoisotopic (exact) mass is 316 g/mol. The van der Waals surface area contributed by atoms with E-state index >= 15 is 0 Å². The lowest BCUT2D eigenvalue weighted by molar-refractivity contribution is -0.143. The SMILES string of the molecule is CCN1C[C@H]2CCN(C(=O)c3ccc4c(c3)OCO4)[C@H](C2)C1=O. The van der Waals surface area contributed by atoms with Crippen LogP contribution in [0.15, 0.2) is 18.2 Å². The second kappa shape index (κ2) is 5.44. The number of likely N-dealkylation sites (tertiary alicyclic amines) is 2. The number of likely N-dealkylation sites (N-methyl/N-ethyl adjacent to an activating group) is 1. The second-order valence-corrected chi connectivity index (χ2v) is 6.35. The van der Waals surface area contributed by atoms with Crippen molar-refractivity contribution in [2.24, 2.45) is 5.92 Å². The minimum absolute atomic E-state index is 0.0811. The maximum atomic E-state index is 12.9. The number of piperidine rings is 2. The van der Waals surface area contributed by atoms with E-state index in [-0.39, 0.29) is 24.6 Å². The summed E-state index contributed by atoms with van der Waals surface area (Å²) in [5.74, 6) is 1.75. The molecule has 2 atom stereocenters. The van der Waals surface area contributed by atoms with Crippen LogP contribution in [0.1, 0.15) is 30.1 Å². The van der Waals surface area contributed by atoms with Gasteiger partial charge in [0.15, 0.2) is 11.5 Å². The molecular weight excluding hydrogens is 296 g/mol. The first kappa shape index (κ1) is 14.4. The van der Waals surface area contributed by atoms with Crippen LogP contribution in [0.25, 0.3) is 0 Å². The third-order valence-electron chi connectivity index (χ3n) is 5.05. The van der Waals surface area contributed by atoms with E-state index in [1.54, 1.807) is 23.1 Å². The number of benzene rings is 1. The van der Waals surface area contributed by atoms with Crippen molar-refractivity contribution >= 4 is 11.8 Å². The summed E-state index contributed by atoms with van der Waals surface area (Å²) in [7, 11) is 0. The molecule has 6 heteroatoms. The fourth-order valence-electron chi connectivity index (χ4n) is 3.77. The lowest BCUT2D eigenvalue weighted by Gasteiger charge is -2.46. The standard InChI is InChI=1S/C17H20N2O4/c1-2-18-9-11-5-6-19(13(7-11)17(18)21)16(20)12-3-4-14-15(8-12)23-10-22-14/h3-4,8,11,13H,2,5-7,9-10H2,1H3/t11-,13+/m0/s1. The number of amides is 2. The maximum Gasteiger partial charge on any atom is 0.254 e. The van der Waals surface area contributed by atoms with Gasteiger partial charge in [-0.15, -0.1) is 0 Å². The van der Waals surface area contributed by atoms with Gasteiger partial charge in [0.05, 0.1) is 0 Å². The van der Waals surface area contributed by atoms with Crippen molar-refractivity contribution in [3.05, 3.63) is 23.8 Å². The molecule has 6 nitrogen and oxygen atoms in total. The first-order chi connectivity index (χ1) is 11.2. The molecule has 2 fully saturated rings. The summed E-state index contributed by atoms with van der Waals surface area (Å²) >= 11 is 0. The highest BCUT2D eigenvalue weighted by atomic mass is 16.7. The lowest BCUT2D eigenvalue weighted by atomic mass is 9.85. The average molecular weight is 316 g/mol. The van der Waals surface area contributed by atoms with Crippen molar-refractivity contribution in [3.8, 4) is 11.5 Å². The Bertz CT molecular complexity index is 660. The zero-order valence-corrected chi connectivity index (χ0v) is 13.2. The van der Waals surface area contributed by atoms with E-state index in [1.165, 1.54) is 0 Å². The topological polar surface area (TPSA) is 59.1 Å². The van der Waals surface area contributed by atoms with Gasteiger partial charge >= 0.3 is 0 Å². The van der Waals surface area contributed by atoms with Crippen LogP contribution in [0.2, 0.25) is 0 Å². The number of nitrogens with zero attached hydrogens (tertiary/aromatic N) is 2. The average Bonchev–Trinajstić information content (AvgIpc) is 3.05. The Morgan fingerprint density at radius 3 is 2.96 bits per heavy atom. The van der Waals surface area contributed by atoms with Gasteiger partial charge in [0, 0.05) is 25.2 Å². The van der Waals surface area contributed by atoms with Crippen LogP contribution in [0.5, 0.6) is 11.5 Å². The highest BCUT2D eigenvalue weighted by Gasteiger charge is 2.42. The molecule has 4 rings (SSSR count). The van der Waals surface area contributed by atoms with E-state index in [4.69, 9.17) is 9.47 Å². The molecule has 3 aliphatic rings. The molecule has 0 aromatic heterocycles. The Balaban J connectivity index is 1.59. The Morgan fingerprint density at radius 1 is 1.30 bits per heavy atom. The summed E-state index contributed by atoms with van der Waals surface area (Å²) < 4.78 is 10.6. The lowest BCUT2D eigenvalue weighted by Crippen LogP contribution is -2.60. The Kier molecular flexibility index (Phi) is 3.39. The molecule has 1 aromatic rings. The fraction of sp³-hybridized carbons (Fsp3) is 0.529. The number of fused-ring (bicyclic) bond motifs is 3. The molecule has 0 saturated carbocycles. The fourth-order valence-corrected chi connectivity index (χ4v) is 3.77. The van der Waals surface area contributed by atoms with Gasteiger partial charge in [0.25, 0.3) is 5.91 Å². The Morgan fingerprint density at radius 2 is 2.13 bits per heavy atom. The first-order valence-electron chi connectivity index (χ1n) is 8.16. The summed E-state index contributed by atoms with van der Waals surface area (Å²) in [4.78, 5) is 29.1. The van der Waals surface area contributed by atoms with Crippen LogP contribution in [0.4, 0.5) is 0 Å². The summed E-state index contributed by atoms with van der Waals surface area (Å²) in [5.41, 5.74) is 0.550. The Hall–Kier alpha value is -2.24. The molecule has 3 heterocycles. The van der Waals surface area contributed by atoms with Crippen molar-refractivity contribution in [3.63, 3.8) is 0 Å². The number of rotatable bonds is 2. The summed E-state index contributed by atoms with van der Waals surface area (Å²) in [6.07, 6.45) is 1.74. The molecule has 0 radical (unpaired) electrons. The third kappa shape index (κ3) is 2.33. The molecule has 23 heavy (non-hydrogen) atoms. The molecule has 2 bridgehead atoms. The maximum absolute atomic E-state index is 12.9. The van der Waals surface area contributed by atoms with Crippen LogP contribution in [0, 0.1) is 5.92 Å². The molecule has 2 amide bonds. The molecule has 1 aromatic carbocycles. The largest absolute Gasteiger partial charge is 0.454 e.